The lowest BCUT2D eigenvalue weighted by Crippen LogP contribution is -1.99. The van der Waals surface area contributed by atoms with Crippen LogP contribution >= 0.6 is 23.1 Å². The normalized spacial score (nSPS) is 11.0. The number of para-hydroxylation sites is 1. The lowest BCUT2D eigenvalue weighted by Gasteiger charge is -2.05. The molecule has 8 heteroatoms. The quantitative estimate of drug-likeness (QED) is 0.409. The SMILES string of the molecule is CCn1c(SCc2csc(-c3ccccc3OC)n2)nnc1-c1ccco1. The van der Waals surface area contributed by atoms with Gasteiger partial charge in [0, 0.05) is 17.7 Å². The van der Waals surface area contributed by atoms with Crippen molar-refractivity contribution in [3.05, 3.63) is 53.7 Å². The van der Waals surface area contributed by atoms with E-state index >= 15 is 0 Å². The molecule has 27 heavy (non-hydrogen) atoms. The Morgan fingerprint density at radius 1 is 1.19 bits per heavy atom. The highest BCUT2D eigenvalue weighted by molar-refractivity contribution is 7.98. The summed E-state index contributed by atoms with van der Waals surface area (Å²) in [6, 6.07) is 11.7. The maximum Gasteiger partial charge on any atom is 0.200 e. The summed E-state index contributed by atoms with van der Waals surface area (Å²) in [6.45, 7) is 2.84. The van der Waals surface area contributed by atoms with Crippen molar-refractivity contribution in [1.29, 1.82) is 0 Å². The van der Waals surface area contributed by atoms with Gasteiger partial charge in [0.05, 0.1) is 24.6 Å². The third-order valence-corrected chi connectivity index (χ3v) is 5.94. The average Bonchev–Trinajstić information content (AvgIpc) is 3.46. The fourth-order valence-corrected chi connectivity index (χ4v) is 4.57. The van der Waals surface area contributed by atoms with E-state index in [0.717, 1.165) is 51.1 Å². The minimum Gasteiger partial charge on any atom is -0.496 e. The molecule has 1 aromatic carbocycles. The maximum atomic E-state index is 5.46. The molecule has 0 amide bonds. The van der Waals surface area contributed by atoms with Gasteiger partial charge in [-0.2, -0.15) is 0 Å². The van der Waals surface area contributed by atoms with E-state index in [1.165, 1.54) is 0 Å². The minimum absolute atomic E-state index is 0.724. The summed E-state index contributed by atoms with van der Waals surface area (Å²) in [5, 5.41) is 12.5. The largest absolute Gasteiger partial charge is 0.496 e. The second-order valence-electron chi connectivity index (χ2n) is 5.66. The van der Waals surface area contributed by atoms with Crippen LogP contribution in [0.15, 0.2) is 57.6 Å². The zero-order valence-corrected chi connectivity index (χ0v) is 16.6. The van der Waals surface area contributed by atoms with Crippen LogP contribution in [0.4, 0.5) is 0 Å². The maximum absolute atomic E-state index is 5.46. The van der Waals surface area contributed by atoms with Crippen LogP contribution in [0.2, 0.25) is 0 Å². The Bertz CT molecular complexity index is 1020. The van der Waals surface area contributed by atoms with Crippen molar-refractivity contribution in [3.8, 4) is 27.9 Å². The first-order valence-corrected chi connectivity index (χ1v) is 10.3. The van der Waals surface area contributed by atoms with E-state index in [1.54, 1.807) is 36.5 Å². The van der Waals surface area contributed by atoms with Gasteiger partial charge in [0.1, 0.15) is 10.8 Å². The van der Waals surface area contributed by atoms with Crippen molar-refractivity contribution in [2.24, 2.45) is 0 Å². The van der Waals surface area contributed by atoms with Crippen molar-refractivity contribution in [2.75, 3.05) is 7.11 Å². The number of hydrogen-bond acceptors (Lipinski definition) is 7. The van der Waals surface area contributed by atoms with Gasteiger partial charge >= 0.3 is 0 Å². The summed E-state index contributed by atoms with van der Waals surface area (Å²) in [5.41, 5.74) is 2.02. The van der Waals surface area contributed by atoms with Crippen molar-refractivity contribution in [3.63, 3.8) is 0 Å². The Morgan fingerprint density at radius 3 is 2.85 bits per heavy atom. The minimum atomic E-state index is 0.724. The number of hydrogen-bond donors (Lipinski definition) is 0. The highest BCUT2D eigenvalue weighted by Crippen LogP contribution is 2.33. The summed E-state index contributed by atoms with van der Waals surface area (Å²) in [7, 11) is 1.68. The highest BCUT2D eigenvalue weighted by atomic mass is 32.2. The number of nitrogens with zero attached hydrogens (tertiary/aromatic N) is 4. The smallest absolute Gasteiger partial charge is 0.200 e. The van der Waals surface area contributed by atoms with E-state index in [-0.39, 0.29) is 0 Å². The number of thioether (sulfide) groups is 1. The van der Waals surface area contributed by atoms with Gasteiger partial charge in [0.2, 0.25) is 0 Å². The Morgan fingerprint density at radius 2 is 2.07 bits per heavy atom. The molecule has 0 saturated carbocycles. The molecule has 0 fully saturated rings. The second kappa shape index (κ2) is 7.98. The predicted octanol–water partition coefficient (Wildman–Crippen LogP) is 4.98. The van der Waals surface area contributed by atoms with Crippen LogP contribution in [0.1, 0.15) is 12.6 Å². The second-order valence-corrected chi connectivity index (χ2v) is 7.46. The molecule has 0 radical (unpaired) electrons. The first-order chi connectivity index (χ1) is 13.3. The number of thiazole rings is 1. The van der Waals surface area contributed by atoms with Crippen LogP contribution in [0.3, 0.4) is 0 Å². The number of rotatable bonds is 7. The number of benzene rings is 1. The fraction of sp³-hybridized carbons (Fsp3) is 0.211. The summed E-state index contributed by atoms with van der Waals surface area (Å²) < 4.78 is 12.9. The van der Waals surface area contributed by atoms with Crippen LogP contribution in [-0.2, 0) is 12.3 Å². The van der Waals surface area contributed by atoms with Gasteiger partial charge in [-0.25, -0.2) is 4.98 Å². The van der Waals surface area contributed by atoms with Crippen molar-refractivity contribution in [1.82, 2.24) is 19.7 Å². The summed E-state index contributed by atoms with van der Waals surface area (Å²) in [4.78, 5) is 4.76. The molecule has 0 unspecified atom stereocenters. The molecule has 4 rings (SSSR count). The van der Waals surface area contributed by atoms with E-state index in [2.05, 4.69) is 27.1 Å². The molecule has 3 heterocycles. The van der Waals surface area contributed by atoms with E-state index in [4.69, 9.17) is 14.1 Å². The highest BCUT2D eigenvalue weighted by Gasteiger charge is 2.16. The van der Waals surface area contributed by atoms with Crippen LogP contribution in [0.5, 0.6) is 5.75 Å². The number of furan rings is 1. The summed E-state index contributed by atoms with van der Waals surface area (Å²) >= 11 is 3.24. The third kappa shape index (κ3) is 3.63. The molecule has 0 spiro atoms. The van der Waals surface area contributed by atoms with Crippen LogP contribution < -0.4 is 4.74 Å². The van der Waals surface area contributed by atoms with E-state index in [1.807, 2.05) is 36.4 Å². The lowest BCUT2D eigenvalue weighted by atomic mass is 10.2. The fourth-order valence-electron chi connectivity index (χ4n) is 2.73. The van der Waals surface area contributed by atoms with E-state index in [0.29, 0.717) is 0 Å². The molecule has 0 aliphatic rings. The molecule has 0 N–H and O–H groups in total. The molecule has 138 valence electrons. The predicted molar refractivity (Wildman–Crippen MR) is 107 cm³/mol. The first kappa shape index (κ1) is 17.8. The van der Waals surface area contributed by atoms with E-state index < -0.39 is 0 Å². The molecule has 0 atom stereocenters. The number of ether oxygens (including phenoxy) is 1. The topological polar surface area (TPSA) is 66.0 Å². The standard InChI is InChI=1S/C19H18N4O2S2/c1-3-23-17(16-9-6-10-25-16)21-22-19(23)27-12-13-11-26-18(20-13)14-7-4-5-8-15(14)24-2/h4-11H,3,12H2,1-2H3. The van der Waals surface area contributed by atoms with Gasteiger partial charge in [0.15, 0.2) is 16.7 Å². The zero-order chi connectivity index (χ0) is 18.6. The number of aromatic nitrogens is 4. The van der Waals surface area contributed by atoms with Gasteiger partial charge in [-0.05, 0) is 31.2 Å². The monoisotopic (exact) mass is 398 g/mol. The molecule has 0 bridgehead atoms. The van der Waals surface area contributed by atoms with Gasteiger partial charge in [-0.3, -0.25) is 4.57 Å². The molecule has 0 aliphatic heterocycles. The molecule has 6 nitrogen and oxygen atoms in total. The van der Waals surface area contributed by atoms with Gasteiger partial charge in [-0.1, -0.05) is 23.9 Å². The van der Waals surface area contributed by atoms with Crippen molar-refractivity contribution in [2.45, 2.75) is 24.4 Å². The molecule has 0 aliphatic carbocycles. The Labute approximate surface area is 165 Å². The van der Waals surface area contributed by atoms with Gasteiger partial charge in [0.25, 0.3) is 0 Å². The lowest BCUT2D eigenvalue weighted by molar-refractivity contribution is 0.416. The number of methoxy groups -OCH3 is 1. The Hall–Kier alpha value is -2.58. The zero-order valence-electron chi connectivity index (χ0n) is 15.0. The van der Waals surface area contributed by atoms with E-state index in [9.17, 15) is 0 Å². The molecule has 0 saturated heterocycles. The van der Waals surface area contributed by atoms with Gasteiger partial charge in [-0.15, -0.1) is 21.5 Å². The van der Waals surface area contributed by atoms with Crippen LogP contribution in [-0.4, -0.2) is 26.9 Å². The average molecular weight is 399 g/mol. The van der Waals surface area contributed by atoms with Crippen molar-refractivity contribution >= 4 is 23.1 Å². The summed E-state index contributed by atoms with van der Waals surface area (Å²) in [5.74, 6) is 3.03. The Balaban J connectivity index is 1.51. The van der Waals surface area contributed by atoms with Crippen LogP contribution in [0, 0.1) is 0 Å². The van der Waals surface area contributed by atoms with Crippen molar-refractivity contribution < 1.29 is 9.15 Å². The summed E-state index contributed by atoms with van der Waals surface area (Å²) in [6.07, 6.45) is 1.64. The first-order valence-electron chi connectivity index (χ1n) is 8.47. The Kier molecular flexibility index (Phi) is 5.26. The van der Waals surface area contributed by atoms with Gasteiger partial charge < -0.3 is 9.15 Å². The molecule has 4 aromatic rings. The third-order valence-electron chi connectivity index (χ3n) is 4.01. The molecule has 3 aromatic heterocycles. The van der Waals surface area contributed by atoms with Crippen LogP contribution in [0.25, 0.3) is 22.2 Å². The molecular weight excluding hydrogens is 380 g/mol. The molecular formula is C19H18N4O2S2.